The second-order valence-electron chi connectivity index (χ2n) is 6.74. The fourth-order valence-corrected chi connectivity index (χ4v) is 3.47. The average Bonchev–Trinajstić information content (AvgIpc) is 2.75. The van der Waals surface area contributed by atoms with Gasteiger partial charge < -0.3 is 9.80 Å². The molecule has 0 unspecified atom stereocenters. The fraction of sp³-hybridized carbons (Fsp3) is 0.611. The third kappa shape index (κ3) is 2.71. The van der Waals surface area contributed by atoms with Crippen molar-refractivity contribution in [2.24, 2.45) is 5.92 Å². The first-order chi connectivity index (χ1) is 10.1. The first-order valence-corrected chi connectivity index (χ1v) is 8.18. The number of likely N-dealkylation sites (tertiary alicyclic amines) is 1. The van der Waals surface area contributed by atoms with E-state index in [9.17, 15) is 4.79 Å². The van der Waals surface area contributed by atoms with Crippen molar-refractivity contribution in [3.8, 4) is 0 Å². The van der Waals surface area contributed by atoms with Crippen molar-refractivity contribution in [3.05, 3.63) is 29.8 Å². The lowest BCUT2D eigenvalue weighted by atomic mass is 9.88. The standard InChI is InChI=1S/C18H26N2O/c1-13-7-9-16(10-8-13)20(15-5-4-6-15)18(21)17-11-12-19(3)14(17)2/h7-10,14-15,17H,4-6,11-12H2,1-3H3/t14-,17-/m1/s1. The number of benzene rings is 1. The first kappa shape index (κ1) is 14.6. The summed E-state index contributed by atoms with van der Waals surface area (Å²) in [6, 6.07) is 9.20. The van der Waals surface area contributed by atoms with E-state index in [1.165, 1.54) is 12.0 Å². The van der Waals surface area contributed by atoms with Gasteiger partial charge in [-0.2, -0.15) is 0 Å². The van der Waals surface area contributed by atoms with E-state index in [4.69, 9.17) is 0 Å². The Kier molecular flexibility index (Phi) is 4.03. The number of amides is 1. The lowest BCUT2D eigenvalue weighted by Crippen LogP contribution is -2.49. The minimum atomic E-state index is 0.150. The van der Waals surface area contributed by atoms with Gasteiger partial charge in [0.25, 0.3) is 0 Å². The zero-order valence-electron chi connectivity index (χ0n) is 13.4. The third-order valence-corrected chi connectivity index (χ3v) is 5.38. The van der Waals surface area contributed by atoms with Gasteiger partial charge in [0.05, 0.1) is 5.92 Å². The van der Waals surface area contributed by atoms with Crippen molar-refractivity contribution in [2.75, 3.05) is 18.5 Å². The van der Waals surface area contributed by atoms with Crippen molar-refractivity contribution in [1.82, 2.24) is 4.90 Å². The highest BCUT2D eigenvalue weighted by atomic mass is 16.2. The van der Waals surface area contributed by atoms with Crippen molar-refractivity contribution in [3.63, 3.8) is 0 Å². The van der Waals surface area contributed by atoms with Crippen LogP contribution in [0.2, 0.25) is 0 Å². The molecule has 1 heterocycles. The summed E-state index contributed by atoms with van der Waals surface area (Å²) in [6.45, 7) is 5.31. The summed E-state index contributed by atoms with van der Waals surface area (Å²) in [6.07, 6.45) is 4.54. The molecule has 0 bridgehead atoms. The lowest BCUT2D eigenvalue weighted by molar-refractivity contribution is -0.123. The maximum absolute atomic E-state index is 13.1. The summed E-state index contributed by atoms with van der Waals surface area (Å²) < 4.78 is 0. The van der Waals surface area contributed by atoms with Crippen LogP contribution in [0.1, 0.15) is 38.2 Å². The summed E-state index contributed by atoms with van der Waals surface area (Å²) >= 11 is 0. The minimum Gasteiger partial charge on any atom is -0.309 e. The van der Waals surface area contributed by atoms with Gasteiger partial charge in [-0.15, -0.1) is 0 Å². The molecule has 2 atom stereocenters. The molecule has 1 amide bonds. The van der Waals surface area contributed by atoms with Crippen LogP contribution in [0.15, 0.2) is 24.3 Å². The van der Waals surface area contributed by atoms with E-state index in [-0.39, 0.29) is 5.92 Å². The molecule has 1 saturated heterocycles. The molecule has 3 nitrogen and oxygen atoms in total. The third-order valence-electron chi connectivity index (χ3n) is 5.38. The van der Waals surface area contributed by atoms with Gasteiger partial charge in [0.2, 0.25) is 5.91 Å². The molecule has 2 aliphatic rings. The van der Waals surface area contributed by atoms with Crippen LogP contribution in [0.3, 0.4) is 0 Å². The molecule has 21 heavy (non-hydrogen) atoms. The fourth-order valence-electron chi connectivity index (χ4n) is 3.47. The first-order valence-electron chi connectivity index (χ1n) is 8.18. The summed E-state index contributed by atoms with van der Waals surface area (Å²) in [5.74, 6) is 0.484. The molecule has 2 fully saturated rings. The average molecular weight is 286 g/mol. The van der Waals surface area contributed by atoms with E-state index < -0.39 is 0 Å². The van der Waals surface area contributed by atoms with Crippen molar-refractivity contribution in [2.45, 2.75) is 51.6 Å². The van der Waals surface area contributed by atoms with Crippen molar-refractivity contribution in [1.29, 1.82) is 0 Å². The molecule has 1 aliphatic heterocycles. The SMILES string of the molecule is Cc1ccc(N(C(=O)[C@@H]2CCN(C)[C@@H]2C)C2CCC2)cc1. The van der Waals surface area contributed by atoms with Crippen LogP contribution in [-0.2, 0) is 4.79 Å². The molecule has 0 spiro atoms. The Balaban J connectivity index is 1.85. The Bertz CT molecular complexity index is 506. The van der Waals surface area contributed by atoms with Crippen LogP contribution in [-0.4, -0.2) is 36.5 Å². The number of rotatable bonds is 3. The second-order valence-corrected chi connectivity index (χ2v) is 6.74. The predicted molar refractivity (Wildman–Crippen MR) is 86.5 cm³/mol. The minimum absolute atomic E-state index is 0.150. The van der Waals surface area contributed by atoms with Gasteiger partial charge in [0, 0.05) is 17.8 Å². The number of anilines is 1. The van der Waals surface area contributed by atoms with Gasteiger partial charge in [0.15, 0.2) is 0 Å². The van der Waals surface area contributed by atoms with Crippen molar-refractivity contribution < 1.29 is 4.79 Å². The van der Waals surface area contributed by atoms with E-state index in [0.29, 0.717) is 18.0 Å². The number of aryl methyl sites for hydroxylation is 1. The molecule has 114 valence electrons. The quantitative estimate of drug-likeness (QED) is 0.852. The van der Waals surface area contributed by atoms with E-state index in [1.807, 2.05) is 0 Å². The highest BCUT2D eigenvalue weighted by Crippen LogP contribution is 2.34. The van der Waals surface area contributed by atoms with Gasteiger partial charge in [-0.05, 0) is 65.3 Å². The summed E-state index contributed by atoms with van der Waals surface area (Å²) in [7, 11) is 2.12. The largest absolute Gasteiger partial charge is 0.309 e. The number of nitrogens with zero attached hydrogens (tertiary/aromatic N) is 2. The van der Waals surface area contributed by atoms with E-state index in [2.05, 4.69) is 55.0 Å². The zero-order chi connectivity index (χ0) is 15.0. The summed E-state index contributed by atoms with van der Waals surface area (Å²) in [4.78, 5) is 17.5. The smallest absolute Gasteiger partial charge is 0.231 e. The number of carbonyl (C=O) groups excluding carboxylic acids is 1. The van der Waals surface area contributed by atoms with Gasteiger partial charge >= 0.3 is 0 Å². The van der Waals surface area contributed by atoms with Crippen LogP contribution in [0, 0.1) is 12.8 Å². The predicted octanol–water partition coefficient (Wildman–Crippen LogP) is 3.22. The van der Waals surface area contributed by atoms with E-state index in [0.717, 1.165) is 31.5 Å². The Hall–Kier alpha value is -1.35. The van der Waals surface area contributed by atoms with Crippen LogP contribution < -0.4 is 4.90 Å². The number of hydrogen-bond donors (Lipinski definition) is 0. The Morgan fingerprint density at radius 2 is 1.86 bits per heavy atom. The topological polar surface area (TPSA) is 23.6 Å². The molecule has 1 aliphatic carbocycles. The van der Waals surface area contributed by atoms with E-state index >= 15 is 0 Å². The van der Waals surface area contributed by atoms with Gasteiger partial charge in [-0.25, -0.2) is 0 Å². The molecular weight excluding hydrogens is 260 g/mol. The maximum atomic E-state index is 13.1. The highest BCUT2D eigenvalue weighted by molar-refractivity contribution is 5.96. The Morgan fingerprint density at radius 1 is 1.19 bits per heavy atom. The maximum Gasteiger partial charge on any atom is 0.231 e. The zero-order valence-corrected chi connectivity index (χ0v) is 13.4. The molecule has 0 aromatic heterocycles. The molecular formula is C18H26N2O. The molecule has 0 radical (unpaired) electrons. The summed E-state index contributed by atoms with van der Waals surface area (Å²) in [5, 5.41) is 0. The molecule has 1 saturated carbocycles. The number of hydrogen-bond acceptors (Lipinski definition) is 2. The Labute approximate surface area is 127 Å². The van der Waals surface area contributed by atoms with Gasteiger partial charge in [-0.1, -0.05) is 17.7 Å². The molecule has 3 rings (SSSR count). The highest BCUT2D eigenvalue weighted by Gasteiger charge is 2.39. The number of carbonyl (C=O) groups is 1. The van der Waals surface area contributed by atoms with Crippen LogP contribution >= 0.6 is 0 Å². The lowest BCUT2D eigenvalue weighted by Gasteiger charge is -2.39. The molecule has 3 heteroatoms. The van der Waals surface area contributed by atoms with Crippen LogP contribution in [0.25, 0.3) is 0 Å². The van der Waals surface area contributed by atoms with Gasteiger partial charge in [0.1, 0.15) is 0 Å². The summed E-state index contributed by atoms with van der Waals surface area (Å²) in [5.41, 5.74) is 2.32. The molecule has 1 aromatic rings. The normalized spacial score (nSPS) is 26.6. The van der Waals surface area contributed by atoms with E-state index in [1.54, 1.807) is 0 Å². The van der Waals surface area contributed by atoms with Gasteiger partial charge in [-0.3, -0.25) is 4.79 Å². The monoisotopic (exact) mass is 286 g/mol. The molecule has 0 N–H and O–H groups in total. The Morgan fingerprint density at radius 3 is 2.33 bits per heavy atom. The van der Waals surface area contributed by atoms with Crippen LogP contribution in [0.4, 0.5) is 5.69 Å². The second kappa shape index (κ2) is 5.80. The van der Waals surface area contributed by atoms with Crippen molar-refractivity contribution >= 4 is 11.6 Å². The molecule has 1 aromatic carbocycles. The van der Waals surface area contributed by atoms with Crippen LogP contribution in [0.5, 0.6) is 0 Å².